The molecule has 1 amide bonds. The van der Waals surface area contributed by atoms with Crippen LogP contribution in [0.1, 0.15) is 6.92 Å². The largest absolute Gasteiger partial charge is 0.465 e. The molecule has 0 heterocycles. The van der Waals surface area contributed by atoms with Crippen molar-refractivity contribution in [2.24, 2.45) is 0 Å². The average molecular weight is 232 g/mol. The standard InChI is InChI=1S/C10H20N2O4/c1-4-16-10(14)8-12(2)7-9(13)11-5-6-15-3/h4-8H2,1-3H3,(H,11,13). The Balaban J connectivity index is 3.65. The first-order valence-corrected chi connectivity index (χ1v) is 5.20. The van der Waals surface area contributed by atoms with Crippen LogP contribution < -0.4 is 5.32 Å². The van der Waals surface area contributed by atoms with Crippen molar-refractivity contribution in [1.82, 2.24) is 10.2 Å². The second-order valence-electron chi connectivity index (χ2n) is 3.32. The molecule has 0 bridgehead atoms. The fourth-order valence-corrected chi connectivity index (χ4v) is 1.08. The number of methoxy groups -OCH3 is 1. The minimum Gasteiger partial charge on any atom is -0.465 e. The van der Waals surface area contributed by atoms with E-state index in [-0.39, 0.29) is 25.0 Å². The van der Waals surface area contributed by atoms with Crippen LogP contribution in [0.3, 0.4) is 0 Å². The maximum atomic E-state index is 11.3. The highest BCUT2D eigenvalue weighted by Gasteiger charge is 2.10. The summed E-state index contributed by atoms with van der Waals surface area (Å²) in [5.74, 6) is -0.460. The van der Waals surface area contributed by atoms with Crippen molar-refractivity contribution < 1.29 is 19.1 Å². The highest BCUT2D eigenvalue weighted by molar-refractivity contribution is 5.79. The van der Waals surface area contributed by atoms with E-state index in [0.29, 0.717) is 19.8 Å². The Bertz CT molecular complexity index is 221. The summed E-state index contributed by atoms with van der Waals surface area (Å²) in [6.45, 7) is 3.34. The first-order valence-electron chi connectivity index (χ1n) is 5.20. The van der Waals surface area contributed by atoms with Gasteiger partial charge in [0.1, 0.15) is 0 Å². The Morgan fingerprint density at radius 1 is 1.31 bits per heavy atom. The molecule has 0 aromatic carbocycles. The third kappa shape index (κ3) is 8.19. The topological polar surface area (TPSA) is 67.9 Å². The molecule has 0 radical (unpaired) electrons. The maximum Gasteiger partial charge on any atom is 0.320 e. The van der Waals surface area contributed by atoms with E-state index in [2.05, 4.69) is 5.32 Å². The Hall–Kier alpha value is -1.14. The van der Waals surface area contributed by atoms with E-state index in [0.717, 1.165) is 0 Å². The second-order valence-corrected chi connectivity index (χ2v) is 3.32. The van der Waals surface area contributed by atoms with Gasteiger partial charge in [0.2, 0.25) is 5.91 Å². The van der Waals surface area contributed by atoms with E-state index in [1.807, 2.05) is 0 Å². The minimum atomic E-state index is -0.324. The zero-order valence-corrected chi connectivity index (χ0v) is 10.1. The predicted octanol–water partition coefficient (Wildman–Crippen LogP) is -0.756. The summed E-state index contributed by atoms with van der Waals surface area (Å²) >= 11 is 0. The van der Waals surface area contributed by atoms with Crippen LogP contribution in [0.2, 0.25) is 0 Å². The lowest BCUT2D eigenvalue weighted by Crippen LogP contribution is -2.39. The molecule has 0 saturated carbocycles. The molecule has 94 valence electrons. The van der Waals surface area contributed by atoms with Crippen molar-refractivity contribution in [3.63, 3.8) is 0 Å². The van der Waals surface area contributed by atoms with Gasteiger partial charge in [-0.15, -0.1) is 0 Å². The summed E-state index contributed by atoms with van der Waals surface area (Å²) in [5, 5.41) is 2.66. The van der Waals surface area contributed by atoms with E-state index in [1.54, 1.807) is 26.0 Å². The van der Waals surface area contributed by atoms with Crippen molar-refractivity contribution in [2.75, 3.05) is 47.0 Å². The number of likely N-dealkylation sites (N-methyl/N-ethyl adjacent to an activating group) is 1. The lowest BCUT2D eigenvalue weighted by Gasteiger charge is -2.14. The molecule has 0 fully saturated rings. The smallest absolute Gasteiger partial charge is 0.320 e. The van der Waals surface area contributed by atoms with Gasteiger partial charge in [-0.25, -0.2) is 0 Å². The van der Waals surface area contributed by atoms with Crippen molar-refractivity contribution in [2.45, 2.75) is 6.92 Å². The van der Waals surface area contributed by atoms with E-state index in [1.165, 1.54) is 0 Å². The molecule has 0 aromatic heterocycles. The zero-order chi connectivity index (χ0) is 12.4. The summed E-state index contributed by atoms with van der Waals surface area (Å²) in [4.78, 5) is 24.0. The molecular formula is C10H20N2O4. The normalized spacial score (nSPS) is 10.2. The van der Waals surface area contributed by atoms with Gasteiger partial charge in [0.15, 0.2) is 0 Å². The van der Waals surface area contributed by atoms with Crippen LogP contribution in [0.4, 0.5) is 0 Å². The van der Waals surface area contributed by atoms with Crippen LogP contribution in [0.15, 0.2) is 0 Å². The predicted molar refractivity (Wildman–Crippen MR) is 59.0 cm³/mol. The van der Waals surface area contributed by atoms with Gasteiger partial charge in [0, 0.05) is 13.7 Å². The lowest BCUT2D eigenvalue weighted by atomic mass is 10.4. The number of ether oxygens (including phenoxy) is 2. The van der Waals surface area contributed by atoms with Crippen LogP contribution in [0.5, 0.6) is 0 Å². The first-order chi connectivity index (χ1) is 7.60. The van der Waals surface area contributed by atoms with Gasteiger partial charge in [-0.1, -0.05) is 0 Å². The molecule has 0 aliphatic heterocycles. The summed E-state index contributed by atoms with van der Waals surface area (Å²) < 4.78 is 9.55. The van der Waals surface area contributed by atoms with Crippen LogP contribution in [-0.2, 0) is 19.1 Å². The number of carbonyl (C=O) groups excluding carboxylic acids is 2. The number of nitrogens with zero attached hydrogens (tertiary/aromatic N) is 1. The molecule has 0 aliphatic rings. The Morgan fingerprint density at radius 3 is 2.56 bits per heavy atom. The van der Waals surface area contributed by atoms with Gasteiger partial charge in [0.25, 0.3) is 0 Å². The number of amides is 1. The minimum absolute atomic E-state index is 0.117. The first kappa shape index (κ1) is 14.9. The van der Waals surface area contributed by atoms with Gasteiger partial charge in [-0.05, 0) is 14.0 Å². The lowest BCUT2D eigenvalue weighted by molar-refractivity contribution is -0.144. The maximum absolute atomic E-state index is 11.3. The zero-order valence-electron chi connectivity index (χ0n) is 10.1. The highest BCUT2D eigenvalue weighted by Crippen LogP contribution is 1.85. The molecule has 1 N–H and O–H groups in total. The summed E-state index contributed by atoms with van der Waals surface area (Å²) in [7, 11) is 3.26. The molecule has 0 atom stereocenters. The molecule has 0 aromatic rings. The molecule has 0 spiro atoms. The summed E-state index contributed by atoms with van der Waals surface area (Å²) in [6, 6.07) is 0. The summed E-state index contributed by atoms with van der Waals surface area (Å²) in [6.07, 6.45) is 0. The second kappa shape index (κ2) is 9.11. The number of carbonyl (C=O) groups is 2. The molecule has 16 heavy (non-hydrogen) atoms. The van der Waals surface area contributed by atoms with E-state index < -0.39 is 0 Å². The molecule has 0 unspecified atom stereocenters. The van der Waals surface area contributed by atoms with Crippen LogP contribution in [-0.4, -0.2) is 63.8 Å². The van der Waals surface area contributed by atoms with E-state index >= 15 is 0 Å². The molecule has 6 nitrogen and oxygen atoms in total. The molecule has 0 rings (SSSR count). The Labute approximate surface area is 95.9 Å². The van der Waals surface area contributed by atoms with Gasteiger partial charge in [-0.3, -0.25) is 14.5 Å². The van der Waals surface area contributed by atoms with Gasteiger partial charge < -0.3 is 14.8 Å². The van der Waals surface area contributed by atoms with E-state index in [4.69, 9.17) is 9.47 Å². The van der Waals surface area contributed by atoms with Gasteiger partial charge in [-0.2, -0.15) is 0 Å². The summed E-state index contributed by atoms with van der Waals surface area (Å²) in [5.41, 5.74) is 0. The van der Waals surface area contributed by atoms with Crippen LogP contribution in [0, 0.1) is 0 Å². The third-order valence-electron chi connectivity index (χ3n) is 1.75. The molecule has 0 saturated heterocycles. The highest BCUT2D eigenvalue weighted by atomic mass is 16.5. The number of hydrogen-bond acceptors (Lipinski definition) is 5. The van der Waals surface area contributed by atoms with Crippen LogP contribution >= 0.6 is 0 Å². The monoisotopic (exact) mass is 232 g/mol. The third-order valence-corrected chi connectivity index (χ3v) is 1.75. The van der Waals surface area contributed by atoms with E-state index in [9.17, 15) is 9.59 Å². The fourth-order valence-electron chi connectivity index (χ4n) is 1.08. The quantitative estimate of drug-likeness (QED) is 0.440. The van der Waals surface area contributed by atoms with Gasteiger partial charge in [0.05, 0.1) is 26.3 Å². The number of rotatable bonds is 8. The fraction of sp³-hybridized carbons (Fsp3) is 0.800. The van der Waals surface area contributed by atoms with Crippen molar-refractivity contribution in [3.05, 3.63) is 0 Å². The Kier molecular flexibility index (Phi) is 8.46. The SMILES string of the molecule is CCOC(=O)CN(C)CC(=O)NCCOC. The van der Waals surface area contributed by atoms with Crippen LogP contribution in [0.25, 0.3) is 0 Å². The molecule has 0 aliphatic carbocycles. The number of esters is 1. The van der Waals surface area contributed by atoms with Crippen molar-refractivity contribution in [3.8, 4) is 0 Å². The van der Waals surface area contributed by atoms with Gasteiger partial charge >= 0.3 is 5.97 Å². The molecular weight excluding hydrogens is 212 g/mol. The molecule has 6 heteroatoms. The Morgan fingerprint density at radius 2 is 2.00 bits per heavy atom. The number of nitrogens with one attached hydrogen (secondary N) is 1. The van der Waals surface area contributed by atoms with Crippen molar-refractivity contribution >= 4 is 11.9 Å². The number of hydrogen-bond donors (Lipinski definition) is 1. The van der Waals surface area contributed by atoms with Crippen molar-refractivity contribution in [1.29, 1.82) is 0 Å². The average Bonchev–Trinajstić information content (AvgIpc) is 2.17.